The maximum Gasteiger partial charge on any atom is 0.203 e. The summed E-state index contributed by atoms with van der Waals surface area (Å²) in [5, 5.41) is 6.97. The second kappa shape index (κ2) is 10.3. The highest BCUT2D eigenvalue weighted by atomic mass is 32.1. The normalized spacial score (nSPS) is 14.7. The molecule has 1 aromatic rings. The molecule has 0 amide bonds. The molecule has 8 heteroatoms. The zero-order valence-corrected chi connectivity index (χ0v) is 16.0. The van der Waals surface area contributed by atoms with Crippen molar-refractivity contribution in [3.8, 4) is 17.2 Å². The minimum Gasteiger partial charge on any atom is -0.493 e. The van der Waals surface area contributed by atoms with Crippen LogP contribution in [-0.2, 0) is 4.74 Å². The molecule has 1 saturated heterocycles. The maximum absolute atomic E-state index is 5.37. The van der Waals surface area contributed by atoms with Crippen molar-refractivity contribution in [2.24, 2.45) is 0 Å². The summed E-state index contributed by atoms with van der Waals surface area (Å²) in [6, 6.07) is 3.65. The molecule has 0 spiro atoms. The van der Waals surface area contributed by atoms with E-state index in [9.17, 15) is 0 Å². The molecule has 0 saturated carbocycles. The molecule has 140 valence electrons. The number of benzene rings is 1. The van der Waals surface area contributed by atoms with Gasteiger partial charge in [-0.2, -0.15) is 0 Å². The van der Waals surface area contributed by atoms with E-state index in [0.29, 0.717) is 22.4 Å². The molecular formula is C17H28N3O4S+. The van der Waals surface area contributed by atoms with Gasteiger partial charge in [0.25, 0.3) is 0 Å². The number of hydrogen-bond donors (Lipinski definition) is 3. The Labute approximate surface area is 154 Å². The molecule has 0 bridgehead atoms. The van der Waals surface area contributed by atoms with Gasteiger partial charge in [0.1, 0.15) is 13.1 Å². The molecule has 1 fully saturated rings. The fourth-order valence-electron chi connectivity index (χ4n) is 2.78. The SMILES string of the molecule is COc1cc(NC(=S)NCCC[NH+]2CCOCC2)cc(OC)c1OC. The Bertz CT molecular complexity index is 540. The number of rotatable bonds is 8. The van der Waals surface area contributed by atoms with Gasteiger partial charge in [-0.25, -0.2) is 0 Å². The second-order valence-electron chi connectivity index (χ2n) is 5.76. The molecule has 0 aliphatic carbocycles. The van der Waals surface area contributed by atoms with E-state index in [2.05, 4.69) is 10.6 Å². The number of methoxy groups -OCH3 is 3. The summed E-state index contributed by atoms with van der Waals surface area (Å²) in [5.74, 6) is 1.73. The Morgan fingerprint density at radius 2 is 1.76 bits per heavy atom. The molecule has 0 aromatic heterocycles. The Kier molecular flexibility index (Phi) is 8.03. The van der Waals surface area contributed by atoms with Crippen molar-refractivity contribution in [3.63, 3.8) is 0 Å². The van der Waals surface area contributed by atoms with Crippen molar-refractivity contribution in [2.75, 3.05) is 66.0 Å². The predicted molar refractivity (Wildman–Crippen MR) is 101 cm³/mol. The largest absolute Gasteiger partial charge is 0.493 e. The number of quaternary nitrogens is 1. The van der Waals surface area contributed by atoms with Crippen LogP contribution in [0.3, 0.4) is 0 Å². The van der Waals surface area contributed by atoms with E-state index in [1.165, 1.54) is 0 Å². The molecule has 25 heavy (non-hydrogen) atoms. The van der Waals surface area contributed by atoms with Gasteiger partial charge in [-0.05, 0) is 12.2 Å². The molecule has 7 nitrogen and oxygen atoms in total. The zero-order valence-electron chi connectivity index (χ0n) is 15.1. The minimum absolute atomic E-state index is 0.558. The van der Waals surface area contributed by atoms with Gasteiger partial charge in [-0.15, -0.1) is 0 Å². The van der Waals surface area contributed by atoms with Crippen molar-refractivity contribution in [3.05, 3.63) is 12.1 Å². The minimum atomic E-state index is 0.558. The average Bonchev–Trinajstić information content (AvgIpc) is 2.65. The van der Waals surface area contributed by atoms with Gasteiger partial charge in [-0.3, -0.25) is 0 Å². The average molecular weight is 370 g/mol. The van der Waals surface area contributed by atoms with Crippen LogP contribution in [0.25, 0.3) is 0 Å². The molecular weight excluding hydrogens is 342 g/mol. The van der Waals surface area contributed by atoms with Crippen LogP contribution < -0.4 is 29.7 Å². The van der Waals surface area contributed by atoms with Gasteiger partial charge in [0, 0.05) is 30.8 Å². The van der Waals surface area contributed by atoms with Gasteiger partial charge >= 0.3 is 0 Å². The molecule has 3 N–H and O–H groups in total. The van der Waals surface area contributed by atoms with Crippen LogP contribution in [0, 0.1) is 0 Å². The number of hydrogen-bond acceptors (Lipinski definition) is 5. The maximum atomic E-state index is 5.37. The van der Waals surface area contributed by atoms with Gasteiger partial charge in [0.05, 0.1) is 41.1 Å². The monoisotopic (exact) mass is 370 g/mol. The first kappa shape index (κ1) is 19.6. The zero-order chi connectivity index (χ0) is 18.1. The lowest BCUT2D eigenvalue weighted by Crippen LogP contribution is -3.14. The third-order valence-electron chi connectivity index (χ3n) is 4.12. The molecule has 0 atom stereocenters. The number of thiocarbonyl (C=S) groups is 1. The molecule has 2 rings (SSSR count). The highest BCUT2D eigenvalue weighted by Gasteiger charge is 2.14. The topological polar surface area (TPSA) is 65.4 Å². The molecule has 1 aliphatic rings. The van der Waals surface area contributed by atoms with E-state index in [-0.39, 0.29) is 0 Å². The number of ether oxygens (including phenoxy) is 4. The summed E-state index contributed by atoms with van der Waals surface area (Å²) in [6.07, 6.45) is 1.06. The van der Waals surface area contributed by atoms with Crippen LogP contribution in [0.1, 0.15) is 6.42 Å². The quantitative estimate of drug-likeness (QED) is 0.449. The van der Waals surface area contributed by atoms with E-state index < -0.39 is 0 Å². The highest BCUT2D eigenvalue weighted by molar-refractivity contribution is 7.80. The first-order chi connectivity index (χ1) is 12.2. The van der Waals surface area contributed by atoms with Crippen LogP contribution in [0.15, 0.2) is 12.1 Å². The van der Waals surface area contributed by atoms with Crippen molar-refractivity contribution < 1.29 is 23.8 Å². The predicted octanol–water partition coefficient (Wildman–Crippen LogP) is 0.304. The van der Waals surface area contributed by atoms with E-state index in [0.717, 1.165) is 51.5 Å². The van der Waals surface area contributed by atoms with Crippen molar-refractivity contribution in [1.82, 2.24) is 5.32 Å². The smallest absolute Gasteiger partial charge is 0.203 e. The lowest BCUT2D eigenvalue weighted by molar-refractivity contribution is -0.908. The third kappa shape index (κ3) is 5.91. The van der Waals surface area contributed by atoms with Gasteiger partial charge in [-0.1, -0.05) is 0 Å². The molecule has 1 heterocycles. The van der Waals surface area contributed by atoms with Crippen molar-refractivity contribution in [2.45, 2.75) is 6.42 Å². The summed E-state index contributed by atoms with van der Waals surface area (Å²) in [5.41, 5.74) is 0.783. The fraction of sp³-hybridized carbons (Fsp3) is 0.588. The van der Waals surface area contributed by atoms with Crippen LogP contribution in [-0.4, -0.2) is 65.8 Å². The van der Waals surface area contributed by atoms with Gasteiger partial charge < -0.3 is 34.5 Å². The van der Waals surface area contributed by atoms with E-state index in [1.807, 2.05) is 12.1 Å². The number of nitrogens with one attached hydrogen (secondary N) is 3. The van der Waals surface area contributed by atoms with E-state index >= 15 is 0 Å². The Balaban J connectivity index is 1.81. The summed E-state index contributed by atoms with van der Waals surface area (Å²) in [6.45, 7) is 5.87. The fourth-order valence-corrected chi connectivity index (χ4v) is 3.00. The molecule has 1 aliphatic heterocycles. The Morgan fingerprint density at radius 1 is 1.12 bits per heavy atom. The van der Waals surface area contributed by atoms with Gasteiger partial charge in [0.15, 0.2) is 16.6 Å². The van der Waals surface area contributed by atoms with Gasteiger partial charge in [0.2, 0.25) is 5.75 Å². The standard InChI is InChI=1S/C17H27N3O4S/c1-21-14-11-13(12-15(22-2)16(14)23-3)19-17(25)18-5-4-6-20-7-9-24-10-8-20/h11-12H,4-10H2,1-3H3,(H2,18,19,25)/p+1. The summed E-state index contributed by atoms with van der Waals surface area (Å²) >= 11 is 5.36. The summed E-state index contributed by atoms with van der Waals surface area (Å²) in [7, 11) is 4.76. The second-order valence-corrected chi connectivity index (χ2v) is 6.17. The number of morpholine rings is 1. The molecule has 0 radical (unpaired) electrons. The van der Waals surface area contributed by atoms with Crippen molar-refractivity contribution >= 4 is 23.0 Å². The Hall–Kier alpha value is -1.77. The lowest BCUT2D eigenvalue weighted by atomic mass is 10.2. The van der Waals surface area contributed by atoms with Crippen LogP contribution in [0.5, 0.6) is 17.2 Å². The van der Waals surface area contributed by atoms with Crippen LogP contribution >= 0.6 is 12.2 Å². The van der Waals surface area contributed by atoms with E-state index in [1.54, 1.807) is 26.2 Å². The highest BCUT2D eigenvalue weighted by Crippen LogP contribution is 2.39. The number of anilines is 1. The molecule has 1 aromatic carbocycles. The first-order valence-electron chi connectivity index (χ1n) is 8.44. The van der Waals surface area contributed by atoms with Crippen LogP contribution in [0.2, 0.25) is 0 Å². The molecule has 0 unspecified atom stereocenters. The summed E-state index contributed by atoms with van der Waals surface area (Å²) < 4.78 is 21.4. The first-order valence-corrected chi connectivity index (χ1v) is 8.85. The Morgan fingerprint density at radius 3 is 2.32 bits per heavy atom. The summed E-state index contributed by atoms with van der Waals surface area (Å²) in [4.78, 5) is 1.59. The van der Waals surface area contributed by atoms with Crippen molar-refractivity contribution in [1.29, 1.82) is 0 Å². The van der Waals surface area contributed by atoms with E-state index in [4.69, 9.17) is 31.2 Å². The lowest BCUT2D eigenvalue weighted by Gasteiger charge is -2.23. The third-order valence-corrected chi connectivity index (χ3v) is 4.36. The van der Waals surface area contributed by atoms with Crippen LogP contribution in [0.4, 0.5) is 5.69 Å².